The van der Waals surface area contributed by atoms with Crippen molar-refractivity contribution in [1.82, 2.24) is 4.57 Å². The predicted molar refractivity (Wildman–Crippen MR) is 156 cm³/mol. The van der Waals surface area contributed by atoms with Gasteiger partial charge in [-0.05, 0) is 64.7 Å². The highest BCUT2D eigenvalue weighted by Crippen LogP contribution is 2.35. The average molecular weight is 512 g/mol. The van der Waals surface area contributed by atoms with Crippen LogP contribution in [0.1, 0.15) is 98.8 Å². The summed E-state index contributed by atoms with van der Waals surface area (Å²) in [5, 5.41) is 0.876. The third kappa shape index (κ3) is 9.94. The maximum Gasteiger partial charge on any atom is 0.297 e. The number of aromatic nitrogens is 1. The average Bonchev–Trinajstić information content (AvgIpc) is 2.87. The molecule has 0 aliphatic rings. The highest BCUT2D eigenvalue weighted by atomic mass is 16.5. The quantitative estimate of drug-likeness (QED) is 0.148. The Hall–Kier alpha value is -2.69. The maximum absolute atomic E-state index is 13.6. The summed E-state index contributed by atoms with van der Waals surface area (Å²) in [4.78, 5) is 13.6. The summed E-state index contributed by atoms with van der Waals surface area (Å²) in [5.74, 6) is 1.56. The molecule has 1 aromatic heterocycles. The molecule has 1 aromatic carbocycles. The van der Waals surface area contributed by atoms with Crippen LogP contribution in [0, 0.1) is 0 Å². The van der Waals surface area contributed by atoms with E-state index in [9.17, 15) is 4.79 Å². The van der Waals surface area contributed by atoms with Crippen molar-refractivity contribution in [1.29, 1.82) is 0 Å². The van der Waals surface area contributed by atoms with E-state index in [-0.39, 0.29) is 11.3 Å². The van der Waals surface area contributed by atoms with Crippen molar-refractivity contribution in [2.45, 2.75) is 105 Å². The number of hydrogen-bond donors (Lipinski definition) is 0. The maximum atomic E-state index is 13.6. The molecule has 2 aromatic rings. The number of allylic oxidation sites excluding steroid dienone is 3. The van der Waals surface area contributed by atoms with E-state index in [0.29, 0.717) is 25.5 Å². The summed E-state index contributed by atoms with van der Waals surface area (Å²) in [6, 6.07) is 5.94. The Balaban J connectivity index is 2.35. The van der Waals surface area contributed by atoms with Gasteiger partial charge in [0, 0.05) is 18.0 Å². The van der Waals surface area contributed by atoms with Crippen molar-refractivity contribution in [2.24, 2.45) is 0 Å². The van der Waals surface area contributed by atoms with Crippen LogP contribution in [0.4, 0.5) is 0 Å². The highest BCUT2D eigenvalue weighted by Gasteiger charge is 2.19. The van der Waals surface area contributed by atoms with Crippen molar-refractivity contribution in [3.05, 3.63) is 51.9 Å². The highest BCUT2D eigenvalue weighted by molar-refractivity contribution is 5.89. The first-order valence-electron chi connectivity index (χ1n) is 14.2. The van der Waals surface area contributed by atoms with E-state index in [1.807, 2.05) is 22.8 Å². The first-order chi connectivity index (χ1) is 17.9. The molecule has 0 amide bonds. The zero-order valence-corrected chi connectivity index (χ0v) is 24.2. The number of aryl methyl sites for hydroxylation is 1. The molecule has 0 bridgehead atoms. The lowest BCUT2D eigenvalue weighted by Gasteiger charge is -2.18. The zero-order chi connectivity index (χ0) is 27.0. The lowest BCUT2D eigenvalue weighted by molar-refractivity contribution is 0.309. The van der Waals surface area contributed by atoms with Crippen molar-refractivity contribution >= 4 is 10.9 Å². The number of ether oxygens (including phenoxy) is 3. The van der Waals surface area contributed by atoms with Gasteiger partial charge in [-0.2, -0.15) is 0 Å². The topological polar surface area (TPSA) is 49.7 Å². The number of nitrogens with zero attached hydrogens (tertiary/aromatic N) is 1. The minimum Gasteiger partial charge on any atom is -0.494 e. The predicted octanol–water partition coefficient (Wildman–Crippen LogP) is 8.62. The van der Waals surface area contributed by atoms with Gasteiger partial charge in [0.1, 0.15) is 12.4 Å². The van der Waals surface area contributed by atoms with E-state index in [0.717, 1.165) is 55.2 Å². The van der Waals surface area contributed by atoms with Gasteiger partial charge in [0.2, 0.25) is 5.75 Å². The summed E-state index contributed by atoms with van der Waals surface area (Å²) in [6.07, 6.45) is 15.4. The number of pyridine rings is 1. The molecule has 5 nitrogen and oxygen atoms in total. The van der Waals surface area contributed by atoms with Gasteiger partial charge in [0.15, 0.2) is 5.75 Å². The fourth-order valence-electron chi connectivity index (χ4n) is 4.36. The third-order valence-corrected chi connectivity index (χ3v) is 6.61. The monoisotopic (exact) mass is 511 g/mol. The molecule has 1 heterocycles. The molecule has 0 aliphatic carbocycles. The zero-order valence-electron chi connectivity index (χ0n) is 24.2. The summed E-state index contributed by atoms with van der Waals surface area (Å²) in [7, 11) is 1.55. The Labute approximate surface area is 224 Å². The van der Waals surface area contributed by atoms with Crippen molar-refractivity contribution in [3.63, 3.8) is 0 Å². The fourth-order valence-corrected chi connectivity index (χ4v) is 4.36. The summed E-state index contributed by atoms with van der Waals surface area (Å²) < 4.78 is 19.7. The minimum absolute atomic E-state index is 0.145. The van der Waals surface area contributed by atoms with Crippen LogP contribution in [-0.2, 0) is 6.54 Å². The molecular formula is C32H49NO4. The van der Waals surface area contributed by atoms with Crippen LogP contribution in [0.15, 0.2) is 46.3 Å². The molecule has 0 unspecified atom stereocenters. The SMILES string of the molecule is CCCCCCCCn1c(=O)c(OC)c(OC/C=C(\C)CCC=C(C)C)c2ccc(OCCCC)cc21. The van der Waals surface area contributed by atoms with Gasteiger partial charge in [-0.1, -0.05) is 69.6 Å². The molecule has 0 spiro atoms. The van der Waals surface area contributed by atoms with Gasteiger partial charge in [0.25, 0.3) is 5.56 Å². The van der Waals surface area contributed by atoms with E-state index in [4.69, 9.17) is 14.2 Å². The second-order valence-electron chi connectivity index (χ2n) is 10.1. The largest absolute Gasteiger partial charge is 0.494 e. The van der Waals surface area contributed by atoms with Crippen LogP contribution in [0.25, 0.3) is 10.9 Å². The van der Waals surface area contributed by atoms with E-state index >= 15 is 0 Å². The minimum atomic E-state index is -0.145. The second kappa shape index (κ2) is 16.9. The molecule has 0 atom stereocenters. The molecule has 0 aliphatic heterocycles. The fraction of sp³-hybridized carbons (Fsp3) is 0.594. The number of benzene rings is 1. The van der Waals surface area contributed by atoms with Crippen LogP contribution >= 0.6 is 0 Å². The van der Waals surface area contributed by atoms with Gasteiger partial charge in [0.05, 0.1) is 19.2 Å². The summed E-state index contributed by atoms with van der Waals surface area (Å²) in [6.45, 7) is 12.4. The van der Waals surface area contributed by atoms with Crippen LogP contribution in [-0.4, -0.2) is 24.9 Å². The molecule has 0 saturated carbocycles. The van der Waals surface area contributed by atoms with Gasteiger partial charge in [-0.25, -0.2) is 0 Å². The van der Waals surface area contributed by atoms with Gasteiger partial charge >= 0.3 is 0 Å². The number of unbranched alkanes of at least 4 members (excludes halogenated alkanes) is 6. The molecule has 0 fully saturated rings. The lowest BCUT2D eigenvalue weighted by atomic mass is 10.1. The van der Waals surface area contributed by atoms with E-state index in [2.05, 4.69) is 46.8 Å². The molecule has 37 heavy (non-hydrogen) atoms. The molecule has 0 N–H and O–H groups in total. The van der Waals surface area contributed by atoms with Gasteiger partial charge in [-0.3, -0.25) is 4.79 Å². The van der Waals surface area contributed by atoms with E-state index < -0.39 is 0 Å². The number of fused-ring (bicyclic) bond motifs is 1. The Kier molecular flexibility index (Phi) is 14.0. The molecule has 5 heteroatoms. The van der Waals surface area contributed by atoms with Crippen LogP contribution in [0.5, 0.6) is 17.2 Å². The molecule has 0 radical (unpaired) electrons. The molecule has 206 valence electrons. The number of methoxy groups -OCH3 is 1. The molecule has 0 saturated heterocycles. The van der Waals surface area contributed by atoms with Crippen LogP contribution in [0.2, 0.25) is 0 Å². The molecule has 2 rings (SSSR count). The molecular weight excluding hydrogens is 462 g/mol. The first-order valence-corrected chi connectivity index (χ1v) is 14.2. The van der Waals surface area contributed by atoms with Crippen molar-refractivity contribution in [2.75, 3.05) is 20.3 Å². The Morgan fingerprint density at radius 2 is 1.62 bits per heavy atom. The lowest BCUT2D eigenvalue weighted by Crippen LogP contribution is -2.23. The first kappa shape index (κ1) is 30.5. The summed E-state index contributed by atoms with van der Waals surface area (Å²) >= 11 is 0. The standard InChI is InChI=1S/C32H49NO4/c1-7-9-11-12-13-14-21-33-29-24-27(36-22-10-8-2)18-19-28(29)30(31(35-6)32(33)34)37-23-20-26(5)17-15-16-25(3)4/h16,18-20,24H,7-15,17,21-23H2,1-6H3/b26-20+. The van der Waals surface area contributed by atoms with Crippen LogP contribution in [0.3, 0.4) is 0 Å². The number of rotatable bonds is 18. The Morgan fingerprint density at radius 3 is 2.32 bits per heavy atom. The van der Waals surface area contributed by atoms with Gasteiger partial charge in [-0.15, -0.1) is 0 Å². The second-order valence-corrected chi connectivity index (χ2v) is 10.1. The Bertz CT molecular complexity index is 1080. The smallest absolute Gasteiger partial charge is 0.297 e. The van der Waals surface area contributed by atoms with Crippen molar-refractivity contribution in [3.8, 4) is 17.2 Å². The van der Waals surface area contributed by atoms with Gasteiger partial charge < -0.3 is 18.8 Å². The van der Waals surface area contributed by atoms with E-state index in [1.54, 1.807) is 7.11 Å². The number of hydrogen-bond acceptors (Lipinski definition) is 4. The van der Waals surface area contributed by atoms with E-state index in [1.165, 1.54) is 36.8 Å². The summed E-state index contributed by atoms with van der Waals surface area (Å²) in [5.41, 5.74) is 3.30. The third-order valence-electron chi connectivity index (χ3n) is 6.61. The van der Waals surface area contributed by atoms with Crippen LogP contribution < -0.4 is 19.8 Å². The normalized spacial score (nSPS) is 11.6. The Morgan fingerprint density at radius 1 is 0.892 bits per heavy atom. The van der Waals surface area contributed by atoms with Crippen molar-refractivity contribution < 1.29 is 14.2 Å².